The second-order valence-electron chi connectivity index (χ2n) is 11.5. The van der Waals surface area contributed by atoms with Crippen LogP contribution in [0.2, 0.25) is 0 Å². The largest absolute Gasteiger partial charge is 0.284 e. The van der Waals surface area contributed by atoms with Crippen LogP contribution >= 0.6 is 0 Å². The van der Waals surface area contributed by atoms with Crippen molar-refractivity contribution in [2.75, 3.05) is 16.8 Å². The zero-order chi connectivity index (χ0) is 28.8. The Bertz CT molecular complexity index is 1580. The third-order valence-corrected chi connectivity index (χ3v) is 10.1. The van der Waals surface area contributed by atoms with E-state index in [1.807, 2.05) is 84.7 Å². The van der Waals surface area contributed by atoms with Gasteiger partial charge in [0.1, 0.15) is 0 Å². The lowest BCUT2D eigenvalue weighted by Crippen LogP contribution is -2.53. The number of hydrogen-bond acceptors (Lipinski definition) is 5. The number of imide groups is 2. The van der Waals surface area contributed by atoms with Gasteiger partial charge >= 0.3 is 0 Å². The lowest BCUT2D eigenvalue weighted by molar-refractivity contribution is -0.133. The molecule has 0 radical (unpaired) electrons. The van der Waals surface area contributed by atoms with Crippen molar-refractivity contribution in [1.29, 1.82) is 0 Å². The molecular formula is C35H27N3O4. The Kier molecular flexibility index (Phi) is 5.07. The van der Waals surface area contributed by atoms with Gasteiger partial charge in [-0.2, -0.15) is 0 Å². The standard InChI is InChI=1S/C35H27N3O4/c1-36-34(22-14-6-2-7-15-22)26-28(32(41)37(30(26)39)24-18-10-4-11-19-24)35(36,23-16-8-3-9-17-23)29-27(34)31(40)38(33(29)42)25-20-12-5-13-21-25/h2-21,26-29H,1H3/t26-,27-,28-,29-,34?,35?/m1/s1. The van der Waals surface area contributed by atoms with E-state index in [-0.39, 0.29) is 23.6 Å². The zero-order valence-electron chi connectivity index (χ0n) is 22.8. The van der Waals surface area contributed by atoms with Crippen LogP contribution in [-0.2, 0) is 30.3 Å². The fraction of sp³-hybridized carbons (Fsp3) is 0.200. The van der Waals surface area contributed by atoms with Crippen LogP contribution in [0.15, 0.2) is 121 Å². The first-order chi connectivity index (χ1) is 20.5. The molecule has 7 heteroatoms. The number of carbonyl (C=O) groups is 4. The number of para-hydroxylation sites is 2. The van der Waals surface area contributed by atoms with E-state index >= 15 is 0 Å². The maximum Gasteiger partial charge on any atom is 0.240 e. The van der Waals surface area contributed by atoms with Crippen LogP contribution in [-0.4, -0.2) is 35.6 Å². The first-order valence-electron chi connectivity index (χ1n) is 14.2. The smallest absolute Gasteiger partial charge is 0.240 e. The van der Waals surface area contributed by atoms with Crippen molar-refractivity contribution in [3.8, 4) is 0 Å². The van der Waals surface area contributed by atoms with Crippen LogP contribution < -0.4 is 9.80 Å². The van der Waals surface area contributed by atoms with E-state index in [1.54, 1.807) is 48.5 Å². The van der Waals surface area contributed by atoms with Gasteiger partial charge in [0.05, 0.1) is 46.1 Å². The first kappa shape index (κ1) is 24.9. The van der Waals surface area contributed by atoms with Crippen LogP contribution in [0.25, 0.3) is 0 Å². The Labute approximate surface area is 243 Å². The Hall–Kier alpha value is -4.88. The van der Waals surface area contributed by atoms with Crippen molar-refractivity contribution in [2.45, 2.75) is 11.1 Å². The molecule has 4 saturated heterocycles. The van der Waals surface area contributed by atoms with Crippen molar-refractivity contribution in [3.63, 3.8) is 0 Å². The number of carbonyl (C=O) groups excluding carboxylic acids is 4. The zero-order valence-corrected chi connectivity index (χ0v) is 22.8. The summed E-state index contributed by atoms with van der Waals surface area (Å²) in [4.78, 5) is 63.3. The molecule has 0 saturated carbocycles. The fourth-order valence-corrected chi connectivity index (χ4v) is 8.82. The molecule has 4 fully saturated rings. The minimum absolute atomic E-state index is 0.346. The summed E-state index contributed by atoms with van der Waals surface area (Å²) in [5.74, 6) is -4.91. The summed E-state index contributed by atoms with van der Waals surface area (Å²) >= 11 is 0. The summed E-state index contributed by atoms with van der Waals surface area (Å²) in [6, 6.07) is 36.9. The molecule has 0 aliphatic carbocycles. The number of hydrogen-bond donors (Lipinski definition) is 0. The molecule has 0 aromatic heterocycles. The summed E-state index contributed by atoms with van der Waals surface area (Å²) < 4.78 is 0. The SMILES string of the molecule is CN1C2(c3ccccc3)[C@H]3C(=O)N(c4ccccc4)C(=O)[C@@H]3C1(c1ccccc1)[C@H]1C(=O)N(c3ccccc3)C(=O)[C@@H]12. The molecule has 4 aromatic rings. The van der Waals surface area contributed by atoms with Crippen molar-refractivity contribution < 1.29 is 19.2 Å². The number of amides is 4. The fourth-order valence-electron chi connectivity index (χ4n) is 8.82. The molecular weight excluding hydrogens is 526 g/mol. The Morgan fingerprint density at radius 1 is 0.429 bits per heavy atom. The van der Waals surface area contributed by atoms with E-state index in [4.69, 9.17) is 0 Å². The third-order valence-electron chi connectivity index (χ3n) is 10.1. The molecule has 4 amide bonds. The monoisotopic (exact) mass is 553 g/mol. The molecule has 7 nitrogen and oxygen atoms in total. The van der Waals surface area contributed by atoms with Gasteiger partial charge in [0, 0.05) is 0 Å². The molecule has 0 spiro atoms. The van der Waals surface area contributed by atoms with Gasteiger partial charge in [0.15, 0.2) is 0 Å². The minimum atomic E-state index is -1.24. The molecule has 42 heavy (non-hydrogen) atoms. The molecule has 2 bridgehead atoms. The predicted molar refractivity (Wildman–Crippen MR) is 156 cm³/mol. The molecule has 4 heterocycles. The van der Waals surface area contributed by atoms with Crippen LogP contribution in [0.1, 0.15) is 11.1 Å². The summed E-state index contributed by atoms with van der Waals surface area (Å²) in [5, 5.41) is 0. The van der Waals surface area contributed by atoms with Gasteiger partial charge in [0.2, 0.25) is 23.6 Å². The summed E-state index contributed by atoms with van der Waals surface area (Å²) in [5.41, 5.74) is 0.00544. The Morgan fingerprint density at radius 2 is 0.690 bits per heavy atom. The highest BCUT2D eigenvalue weighted by molar-refractivity contribution is 6.28. The van der Waals surface area contributed by atoms with E-state index in [1.165, 1.54) is 9.80 Å². The maximum absolute atomic E-state index is 14.7. The lowest BCUT2D eigenvalue weighted by Gasteiger charge is -2.42. The van der Waals surface area contributed by atoms with Gasteiger partial charge in [-0.3, -0.25) is 24.1 Å². The first-order valence-corrected chi connectivity index (χ1v) is 14.2. The molecule has 8 rings (SSSR count). The van der Waals surface area contributed by atoms with Gasteiger partial charge < -0.3 is 0 Å². The summed E-state index contributed by atoms with van der Waals surface area (Å²) in [6.07, 6.45) is 0. The molecule has 206 valence electrons. The highest BCUT2D eigenvalue weighted by atomic mass is 16.2. The van der Waals surface area contributed by atoms with Gasteiger partial charge in [-0.15, -0.1) is 0 Å². The van der Waals surface area contributed by atoms with Crippen molar-refractivity contribution in [3.05, 3.63) is 132 Å². The second-order valence-corrected chi connectivity index (χ2v) is 11.5. The van der Waals surface area contributed by atoms with Crippen molar-refractivity contribution >= 4 is 35.0 Å². The highest BCUT2D eigenvalue weighted by Gasteiger charge is 2.88. The number of benzene rings is 4. The van der Waals surface area contributed by atoms with Crippen molar-refractivity contribution in [1.82, 2.24) is 4.90 Å². The average Bonchev–Trinajstić information content (AvgIpc) is 3.64. The van der Waals surface area contributed by atoms with E-state index in [9.17, 15) is 19.2 Å². The molecule has 0 N–H and O–H groups in total. The van der Waals surface area contributed by atoms with E-state index < -0.39 is 34.7 Å². The van der Waals surface area contributed by atoms with Gasteiger partial charge in [-0.1, -0.05) is 97.1 Å². The number of nitrogens with zero attached hydrogens (tertiary/aromatic N) is 3. The van der Waals surface area contributed by atoms with E-state index in [2.05, 4.69) is 0 Å². The maximum atomic E-state index is 14.7. The highest BCUT2D eigenvalue weighted by Crippen LogP contribution is 2.75. The third kappa shape index (κ3) is 2.70. The Morgan fingerprint density at radius 3 is 0.976 bits per heavy atom. The number of fused-ring (bicyclic) bond motifs is 8. The van der Waals surface area contributed by atoms with Gasteiger partial charge in [0.25, 0.3) is 0 Å². The van der Waals surface area contributed by atoms with Crippen LogP contribution in [0.3, 0.4) is 0 Å². The normalized spacial score (nSPS) is 31.6. The Balaban J connectivity index is 1.46. The van der Waals surface area contributed by atoms with Gasteiger partial charge in [-0.05, 0) is 42.4 Å². The molecule has 4 atom stereocenters. The summed E-state index contributed by atoms with van der Waals surface area (Å²) in [7, 11) is 1.89. The van der Waals surface area contributed by atoms with E-state index in [0.717, 1.165) is 11.1 Å². The quantitative estimate of drug-likeness (QED) is 0.351. The average molecular weight is 554 g/mol. The van der Waals surface area contributed by atoms with Crippen LogP contribution in [0, 0.1) is 23.7 Å². The van der Waals surface area contributed by atoms with Crippen LogP contribution in [0.5, 0.6) is 0 Å². The topological polar surface area (TPSA) is 78.0 Å². The molecule has 4 aromatic carbocycles. The molecule has 0 unspecified atom stereocenters. The van der Waals surface area contributed by atoms with Crippen LogP contribution in [0.4, 0.5) is 11.4 Å². The number of rotatable bonds is 4. The molecule has 4 aliphatic rings. The second kappa shape index (κ2) is 8.57. The minimum Gasteiger partial charge on any atom is -0.284 e. The van der Waals surface area contributed by atoms with Crippen molar-refractivity contribution in [2.24, 2.45) is 23.7 Å². The number of anilines is 2. The lowest BCUT2D eigenvalue weighted by atomic mass is 9.55. The van der Waals surface area contributed by atoms with E-state index in [0.29, 0.717) is 11.4 Å². The predicted octanol–water partition coefficient (Wildman–Crippen LogP) is 4.35. The molecule has 4 aliphatic heterocycles. The summed E-state index contributed by atoms with van der Waals surface area (Å²) in [6.45, 7) is 0. The van der Waals surface area contributed by atoms with Gasteiger partial charge in [-0.25, -0.2) is 9.80 Å².